The van der Waals surface area contributed by atoms with Crippen LogP contribution in [-0.2, 0) is 0 Å². The number of carbonyl (C=O) groups is 1. The molecule has 2 aliphatic rings. The second-order valence-corrected chi connectivity index (χ2v) is 6.40. The van der Waals surface area contributed by atoms with Crippen LogP contribution in [0, 0.1) is 16.0 Å². The number of hydrogen-bond donors (Lipinski definition) is 2. The van der Waals surface area contributed by atoms with Gasteiger partial charge < -0.3 is 10.4 Å². The maximum atomic E-state index is 11.6. The largest absolute Gasteiger partial charge is 0.478 e. The zero-order chi connectivity index (χ0) is 17.6. The molecule has 0 amide bonds. The molecule has 1 heterocycles. The van der Waals surface area contributed by atoms with Crippen molar-refractivity contribution in [2.75, 3.05) is 5.32 Å². The summed E-state index contributed by atoms with van der Waals surface area (Å²) in [5.74, 6) is -0.666. The van der Waals surface area contributed by atoms with Crippen molar-refractivity contribution < 1.29 is 14.8 Å². The monoisotopic (exact) mass is 336 g/mol. The van der Waals surface area contributed by atoms with Gasteiger partial charge in [0, 0.05) is 18.1 Å². The average Bonchev–Trinajstić information content (AvgIpc) is 3.10. The molecule has 2 aromatic carbocycles. The van der Waals surface area contributed by atoms with Crippen LogP contribution in [0.1, 0.15) is 39.9 Å². The van der Waals surface area contributed by atoms with Crippen molar-refractivity contribution >= 4 is 17.3 Å². The number of non-ortho nitro benzene ring substituents is 1. The molecule has 0 bridgehead atoms. The van der Waals surface area contributed by atoms with Gasteiger partial charge in [-0.25, -0.2) is 4.79 Å². The third-order valence-corrected chi connectivity index (χ3v) is 5.07. The Bertz CT molecular complexity index is 906. The van der Waals surface area contributed by atoms with E-state index in [-0.39, 0.29) is 29.1 Å². The van der Waals surface area contributed by atoms with Crippen LogP contribution in [-0.4, -0.2) is 16.0 Å². The van der Waals surface area contributed by atoms with Gasteiger partial charge in [-0.3, -0.25) is 10.1 Å². The summed E-state index contributed by atoms with van der Waals surface area (Å²) < 4.78 is 0. The van der Waals surface area contributed by atoms with E-state index in [0.717, 1.165) is 17.5 Å². The summed E-state index contributed by atoms with van der Waals surface area (Å²) in [4.78, 5) is 22.3. The fraction of sp³-hybridized carbons (Fsp3) is 0.211. The van der Waals surface area contributed by atoms with Crippen LogP contribution in [0.3, 0.4) is 0 Å². The first-order valence-corrected chi connectivity index (χ1v) is 8.10. The van der Waals surface area contributed by atoms with Crippen molar-refractivity contribution in [3.05, 3.63) is 81.4 Å². The molecule has 6 nitrogen and oxygen atoms in total. The lowest BCUT2D eigenvalue weighted by atomic mass is 9.76. The van der Waals surface area contributed by atoms with Crippen molar-refractivity contribution in [3.8, 4) is 0 Å². The zero-order valence-electron chi connectivity index (χ0n) is 13.3. The van der Waals surface area contributed by atoms with Gasteiger partial charge in [-0.05, 0) is 29.5 Å². The van der Waals surface area contributed by atoms with Gasteiger partial charge in [0.05, 0.1) is 22.2 Å². The second-order valence-electron chi connectivity index (χ2n) is 6.40. The van der Waals surface area contributed by atoms with Crippen molar-refractivity contribution in [2.45, 2.75) is 18.4 Å². The highest BCUT2D eigenvalue weighted by Gasteiger charge is 2.39. The summed E-state index contributed by atoms with van der Waals surface area (Å²) in [6.07, 6.45) is 5.06. The molecule has 4 rings (SSSR count). The maximum absolute atomic E-state index is 11.6. The molecule has 3 atom stereocenters. The zero-order valence-corrected chi connectivity index (χ0v) is 13.3. The molecular weight excluding hydrogens is 320 g/mol. The molecular formula is C19H16N2O4. The number of aromatic carboxylic acids is 1. The molecule has 0 saturated carbocycles. The predicted molar refractivity (Wildman–Crippen MR) is 92.8 cm³/mol. The number of nitrogens with one attached hydrogen (secondary N) is 1. The normalized spacial score (nSPS) is 23.4. The van der Waals surface area contributed by atoms with Gasteiger partial charge in [0.1, 0.15) is 0 Å². The number of nitrogens with zero attached hydrogens (tertiary/aromatic N) is 1. The first-order chi connectivity index (χ1) is 12.1. The Balaban J connectivity index is 1.83. The lowest BCUT2D eigenvalue weighted by Gasteiger charge is -2.38. The van der Waals surface area contributed by atoms with Gasteiger partial charge in [-0.15, -0.1) is 0 Å². The molecule has 1 aliphatic carbocycles. The number of para-hydroxylation sites is 1. The summed E-state index contributed by atoms with van der Waals surface area (Å²) in [6.45, 7) is 0. The third kappa shape index (κ3) is 2.46. The molecule has 25 heavy (non-hydrogen) atoms. The molecule has 0 aromatic heterocycles. The Morgan fingerprint density at radius 3 is 2.80 bits per heavy atom. The summed E-state index contributed by atoms with van der Waals surface area (Å²) in [5.41, 5.74) is 2.66. The summed E-state index contributed by atoms with van der Waals surface area (Å²) in [6, 6.07) is 11.7. The number of fused-ring (bicyclic) bond motifs is 3. The minimum absolute atomic E-state index is 0.0409. The Labute approximate surface area is 144 Å². The first kappa shape index (κ1) is 15.4. The van der Waals surface area contributed by atoms with E-state index < -0.39 is 10.9 Å². The quantitative estimate of drug-likeness (QED) is 0.500. The topological polar surface area (TPSA) is 92.5 Å². The van der Waals surface area contributed by atoms with Gasteiger partial charge in [0.15, 0.2) is 0 Å². The minimum atomic E-state index is -0.984. The van der Waals surface area contributed by atoms with Crippen LogP contribution in [0.2, 0.25) is 0 Å². The molecule has 0 spiro atoms. The Morgan fingerprint density at radius 1 is 1.24 bits per heavy atom. The minimum Gasteiger partial charge on any atom is -0.478 e. The number of nitro benzene ring substituents is 1. The lowest BCUT2D eigenvalue weighted by Crippen LogP contribution is -2.30. The van der Waals surface area contributed by atoms with Gasteiger partial charge in [0.2, 0.25) is 0 Å². The van der Waals surface area contributed by atoms with Gasteiger partial charge in [-0.1, -0.05) is 36.4 Å². The molecule has 0 unspecified atom stereocenters. The molecule has 6 heteroatoms. The number of rotatable bonds is 3. The number of nitro groups is 1. The Morgan fingerprint density at radius 2 is 2.04 bits per heavy atom. The highest BCUT2D eigenvalue weighted by Crippen LogP contribution is 2.50. The number of carboxylic acid groups (broad SMARTS) is 1. The third-order valence-electron chi connectivity index (χ3n) is 5.07. The van der Waals surface area contributed by atoms with E-state index in [1.54, 1.807) is 24.3 Å². The van der Waals surface area contributed by atoms with E-state index in [1.807, 2.05) is 12.1 Å². The van der Waals surface area contributed by atoms with Crippen LogP contribution < -0.4 is 5.32 Å². The van der Waals surface area contributed by atoms with Crippen molar-refractivity contribution in [3.63, 3.8) is 0 Å². The molecule has 1 aliphatic heterocycles. The Kier molecular flexibility index (Phi) is 3.53. The lowest BCUT2D eigenvalue weighted by molar-refractivity contribution is -0.384. The molecule has 2 aromatic rings. The number of anilines is 1. The van der Waals surface area contributed by atoms with Crippen LogP contribution in [0.4, 0.5) is 11.4 Å². The number of hydrogen-bond acceptors (Lipinski definition) is 4. The average molecular weight is 336 g/mol. The number of allylic oxidation sites excluding steroid dienone is 2. The summed E-state index contributed by atoms with van der Waals surface area (Å²) >= 11 is 0. The van der Waals surface area contributed by atoms with E-state index in [1.165, 1.54) is 6.07 Å². The van der Waals surface area contributed by atoms with Gasteiger partial charge in [0.25, 0.3) is 5.69 Å². The highest BCUT2D eigenvalue weighted by atomic mass is 16.6. The summed E-state index contributed by atoms with van der Waals surface area (Å²) in [5, 5.41) is 24.0. The van der Waals surface area contributed by atoms with Crippen molar-refractivity contribution in [1.29, 1.82) is 0 Å². The van der Waals surface area contributed by atoms with E-state index in [2.05, 4.69) is 17.5 Å². The van der Waals surface area contributed by atoms with Crippen molar-refractivity contribution in [2.24, 2.45) is 5.92 Å². The second kappa shape index (κ2) is 5.73. The molecule has 0 saturated heterocycles. The fourth-order valence-corrected chi connectivity index (χ4v) is 3.96. The standard InChI is InChI=1S/C19H16N2O4/c22-19(23)16-9-3-8-15-13-6-2-7-14(13)17(20-18(15)16)11-4-1-5-12(10-11)21(24)25/h1-6,8-10,13-14,17,20H,7H2,(H,22,23)/t13-,14-,17-/m0/s1. The van der Waals surface area contributed by atoms with E-state index in [9.17, 15) is 20.0 Å². The number of carboxylic acids is 1. The van der Waals surface area contributed by atoms with Crippen molar-refractivity contribution in [1.82, 2.24) is 0 Å². The predicted octanol–water partition coefficient (Wildman–Crippen LogP) is 4.12. The molecule has 0 fully saturated rings. The fourth-order valence-electron chi connectivity index (χ4n) is 3.96. The molecule has 126 valence electrons. The highest BCUT2D eigenvalue weighted by molar-refractivity contribution is 5.95. The SMILES string of the molecule is O=C(O)c1cccc2c1N[C@@H](c1cccc([N+](=O)[O-])c1)[C@H]1CC=C[C@H]21. The van der Waals surface area contributed by atoms with Crippen LogP contribution in [0.15, 0.2) is 54.6 Å². The van der Waals surface area contributed by atoms with Crippen LogP contribution >= 0.6 is 0 Å². The van der Waals surface area contributed by atoms with E-state index >= 15 is 0 Å². The van der Waals surface area contributed by atoms with Crippen LogP contribution in [0.25, 0.3) is 0 Å². The smallest absolute Gasteiger partial charge is 0.337 e. The first-order valence-electron chi connectivity index (χ1n) is 8.10. The molecule has 0 radical (unpaired) electrons. The maximum Gasteiger partial charge on any atom is 0.337 e. The van der Waals surface area contributed by atoms with Crippen LogP contribution in [0.5, 0.6) is 0 Å². The number of benzene rings is 2. The van der Waals surface area contributed by atoms with Gasteiger partial charge in [-0.2, -0.15) is 0 Å². The Hall–Kier alpha value is -3.15. The van der Waals surface area contributed by atoms with Gasteiger partial charge >= 0.3 is 5.97 Å². The summed E-state index contributed by atoms with van der Waals surface area (Å²) in [7, 11) is 0. The molecule has 2 N–H and O–H groups in total. The van der Waals surface area contributed by atoms with E-state index in [4.69, 9.17) is 0 Å². The van der Waals surface area contributed by atoms with E-state index in [0.29, 0.717) is 5.69 Å².